The van der Waals surface area contributed by atoms with Crippen LogP contribution in [0.1, 0.15) is 11.6 Å². The minimum Gasteiger partial charge on any atom is -0.465 e. The first-order valence-electron chi connectivity index (χ1n) is 4.56. The Balaban J connectivity index is 2.82. The molecule has 0 aliphatic rings. The van der Waals surface area contributed by atoms with Gasteiger partial charge in [-0.3, -0.25) is 0 Å². The van der Waals surface area contributed by atoms with Crippen LogP contribution >= 0.6 is 0 Å². The zero-order valence-corrected chi connectivity index (χ0v) is 8.73. The van der Waals surface area contributed by atoms with Crippen molar-refractivity contribution in [2.45, 2.75) is 12.4 Å². The molecule has 0 saturated carbocycles. The number of nitrogens with zero attached hydrogens (tertiary/aromatic N) is 1. The third kappa shape index (κ3) is 4.21. The van der Waals surface area contributed by atoms with E-state index in [1.165, 1.54) is 12.1 Å². The van der Waals surface area contributed by atoms with Crippen molar-refractivity contribution in [2.24, 2.45) is 0 Å². The van der Waals surface area contributed by atoms with E-state index in [-0.39, 0.29) is 5.56 Å². The maximum absolute atomic E-state index is 11.9. The minimum absolute atomic E-state index is 0.217. The molecule has 1 amide bonds. The Morgan fingerprint density at radius 3 is 2.33 bits per heavy atom. The van der Waals surface area contributed by atoms with E-state index >= 15 is 0 Å². The van der Waals surface area contributed by atoms with E-state index < -0.39 is 24.2 Å². The maximum atomic E-state index is 11.9. The van der Waals surface area contributed by atoms with Crippen LogP contribution in [0.5, 0.6) is 5.75 Å². The van der Waals surface area contributed by atoms with E-state index in [4.69, 9.17) is 10.4 Å². The number of nitrogens with one attached hydrogen (secondary N) is 1. The Bertz CT molecular complexity index is 465. The van der Waals surface area contributed by atoms with Gasteiger partial charge in [-0.25, -0.2) is 4.79 Å². The lowest BCUT2D eigenvalue weighted by molar-refractivity contribution is -0.274. The van der Waals surface area contributed by atoms with Gasteiger partial charge >= 0.3 is 12.5 Å². The van der Waals surface area contributed by atoms with Crippen molar-refractivity contribution >= 4 is 6.09 Å². The van der Waals surface area contributed by atoms with E-state index in [0.717, 1.165) is 12.1 Å². The van der Waals surface area contributed by atoms with Crippen LogP contribution in [0.25, 0.3) is 0 Å². The number of alkyl halides is 3. The predicted molar refractivity (Wildman–Crippen MR) is 52.6 cm³/mol. The van der Waals surface area contributed by atoms with Crippen molar-refractivity contribution in [3.05, 3.63) is 29.8 Å². The Morgan fingerprint density at radius 2 is 1.94 bits per heavy atom. The second-order valence-electron chi connectivity index (χ2n) is 3.13. The number of benzene rings is 1. The second-order valence-corrected chi connectivity index (χ2v) is 3.13. The Labute approximate surface area is 99.4 Å². The highest BCUT2D eigenvalue weighted by Gasteiger charge is 2.31. The number of ether oxygens (including phenoxy) is 1. The predicted octanol–water partition coefficient (Wildman–Crippen LogP) is 2.42. The zero-order chi connectivity index (χ0) is 13.8. The molecule has 0 aliphatic carbocycles. The molecule has 0 fully saturated rings. The number of rotatable bonds is 3. The third-order valence-corrected chi connectivity index (χ3v) is 1.84. The quantitative estimate of drug-likeness (QED) is 0.874. The van der Waals surface area contributed by atoms with Gasteiger partial charge in [-0.05, 0) is 17.7 Å². The number of halogens is 3. The molecule has 96 valence electrons. The summed E-state index contributed by atoms with van der Waals surface area (Å²) in [6, 6.07) is 4.85. The average molecular weight is 260 g/mol. The SMILES string of the molecule is N#CC(NC(=O)O)c1ccc(OC(F)(F)F)cc1. The van der Waals surface area contributed by atoms with Gasteiger partial charge in [-0.2, -0.15) is 5.26 Å². The maximum Gasteiger partial charge on any atom is 0.573 e. The van der Waals surface area contributed by atoms with Crippen LogP contribution in [0.4, 0.5) is 18.0 Å². The molecule has 0 saturated heterocycles. The Hall–Kier alpha value is -2.43. The van der Waals surface area contributed by atoms with E-state index in [9.17, 15) is 18.0 Å². The number of nitriles is 1. The number of carbonyl (C=O) groups is 1. The van der Waals surface area contributed by atoms with Crippen LogP contribution in [0.15, 0.2) is 24.3 Å². The topological polar surface area (TPSA) is 82.4 Å². The monoisotopic (exact) mass is 260 g/mol. The van der Waals surface area contributed by atoms with Crippen molar-refractivity contribution in [3.63, 3.8) is 0 Å². The molecule has 0 bridgehead atoms. The summed E-state index contributed by atoms with van der Waals surface area (Å²) in [5.74, 6) is -0.446. The van der Waals surface area contributed by atoms with Gasteiger partial charge in [0.15, 0.2) is 0 Å². The summed E-state index contributed by atoms with van der Waals surface area (Å²) < 4.78 is 39.3. The molecule has 1 aromatic rings. The first-order chi connectivity index (χ1) is 8.31. The fourth-order valence-corrected chi connectivity index (χ4v) is 1.18. The molecular weight excluding hydrogens is 253 g/mol. The molecule has 0 spiro atoms. The van der Waals surface area contributed by atoms with Gasteiger partial charge in [0.05, 0.1) is 6.07 Å². The van der Waals surface area contributed by atoms with Crippen LogP contribution in [-0.2, 0) is 0 Å². The summed E-state index contributed by atoms with van der Waals surface area (Å²) in [6.07, 6.45) is -6.20. The van der Waals surface area contributed by atoms with Crippen molar-refractivity contribution < 1.29 is 27.8 Å². The summed E-state index contributed by atoms with van der Waals surface area (Å²) in [5.41, 5.74) is 0.217. The number of hydrogen-bond acceptors (Lipinski definition) is 3. The number of amides is 1. The first-order valence-corrected chi connectivity index (χ1v) is 4.56. The van der Waals surface area contributed by atoms with Crippen LogP contribution in [0.3, 0.4) is 0 Å². The summed E-state index contributed by atoms with van der Waals surface area (Å²) in [5, 5.41) is 19.1. The summed E-state index contributed by atoms with van der Waals surface area (Å²) in [4.78, 5) is 10.4. The molecule has 5 nitrogen and oxygen atoms in total. The molecular formula is C10H7F3N2O3. The fraction of sp³-hybridized carbons (Fsp3) is 0.200. The highest BCUT2D eigenvalue weighted by Crippen LogP contribution is 2.24. The van der Waals surface area contributed by atoms with Gasteiger partial charge in [0.25, 0.3) is 0 Å². The molecule has 2 N–H and O–H groups in total. The highest BCUT2D eigenvalue weighted by atomic mass is 19.4. The average Bonchev–Trinajstić information content (AvgIpc) is 2.24. The van der Waals surface area contributed by atoms with Crippen molar-refractivity contribution in [2.75, 3.05) is 0 Å². The van der Waals surface area contributed by atoms with Crippen molar-refractivity contribution in [1.29, 1.82) is 5.26 Å². The summed E-state index contributed by atoms with van der Waals surface area (Å²) in [7, 11) is 0. The van der Waals surface area contributed by atoms with Gasteiger partial charge in [0.2, 0.25) is 0 Å². The first kappa shape index (κ1) is 13.6. The van der Waals surface area contributed by atoms with Crippen LogP contribution in [-0.4, -0.2) is 17.6 Å². The molecule has 1 aromatic carbocycles. The third-order valence-electron chi connectivity index (χ3n) is 1.84. The van der Waals surface area contributed by atoms with Crippen LogP contribution < -0.4 is 10.1 Å². The zero-order valence-electron chi connectivity index (χ0n) is 8.73. The molecule has 0 aromatic heterocycles. The minimum atomic E-state index is -4.80. The second kappa shape index (κ2) is 5.27. The largest absolute Gasteiger partial charge is 0.573 e. The van der Waals surface area contributed by atoms with Gasteiger partial charge in [-0.1, -0.05) is 12.1 Å². The standard InChI is InChI=1S/C10H7F3N2O3/c11-10(12,13)18-7-3-1-6(2-4-7)8(5-14)15-9(16)17/h1-4,8,15H,(H,16,17). The van der Waals surface area contributed by atoms with E-state index in [0.29, 0.717) is 0 Å². The van der Waals surface area contributed by atoms with Crippen LogP contribution in [0.2, 0.25) is 0 Å². The molecule has 0 heterocycles. The van der Waals surface area contributed by atoms with Crippen molar-refractivity contribution in [3.8, 4) is 11.8 Å². The molecule has 1 rings (SSSR count). The molecule has 1 atom stereocenters. The molecule has 8 heteroatoms. The smallest absolute Gasteiger partial charge is 0.465 e. The highest BCUT2D eigenvalue weighted by molar-refractivity contribution is 5.65. The van der Waals surface area contributed by atoms with Crippen molar-refractivity contribution in [1.82, 2.24) is 5.32 Å². The molecule has 18 heavy (non-hydrogen) atoms. The van der Waals surface area contributed by atoms with E-state index in [1.54, 1.807) is 6.07 Å². The van der Waals surface area contributed by atoms with Gasteiger partial charge in [-0.15, -0.1) is 13.2 Å². The lowest BCUT2D eigenvalue weighted by atomic mass is 10.1. The lowest BCUT2D eigenvalue weighted by Crippen LogP contribution is -2.25. The van der Waals surface area contributed by atoms with Gasteiger partial charge in [0, 0.05) is 0 Å². The Morgan fingerprint density at radius 1 is 1.39 bits per heavy atom. The van der Waals surface area contributed by atoms with E-state index in [1.807, 2.05) is 5.32 Å². The summed E-state index contributed by atoms with van der Waals surface area (Å²) >= 11 is 0. The normalized spacial score (nSPS) is 12.3. The molecule has 0 radical (unpaired) electrons. The molecule has 1 unspecified atom stereocenters. The Kier molecular flexibility index (Phi) is 3.99. The number of carboxylic acid groups (broad SMARTS) is 1. The van der Waals surface area contributed by atoms with Crippen LogP contribution in [0, 0.1) is 11.3 Å². The number of hydrogen-bond donors (Lipinski definition) is 2. The van der Waals surface area contributed by atoms with Gasteiger partial charge in [0.1, 0.15) is 11.8 Å². The summed E-state index contributed by atoms with van der Waals surface area (Å²) in [6.45, 7) is 0. The molecule has 0 aliphatic heterocycles. The van der Waals surface area contributed by atoms with Gasteiger partial charge < -0.3 is 15.2 Å². The van der Waals surface area contributed by atoms with E-state index in [2.05, 4.69) is 4.74 Å². The fourth-order valence-electron chi connectivity index (χ4n) is 1.18. The lowest BCUT2D eigenvalue weighted by Gasteiger charge is -2.11.